The molecule has 0 radical (unpaired) electrons. The van der Waals surface area contributed by atoms with Crippen molar-refractivity contribution in [1.82, 2.24) is 0 Å². The maximum absolute atomic E-state index is 10.2. The molecule has 2 nitrogen and oxygen atoms in total. The first-order chi connectivity index (χ1) is 3.72. The molecule has 0 spiro atoms. The molecule has 0 rings (SSSR count). The first-order valence-electron chi connectivity index (χ1n) is 2.95. The second-order valence-electron chi connectivity index (χ2n) is 1.85. The summed E-state index contributed by atoms with van der Waals surface area (Å²) in [6.45, 7) is 3.78. The number of carbonyl (C=O) groups is 1. The zero-order valence-corrected chi connectivity index (χ0v) is 9.47. The minimum atomic E-state index is -0.671. The van der Waals surface area contributed by atoms with E-state index in [0.717, 1.165) is 12.8 Å². The molecule has 0 heterocycles. The molecule has 0 atom stereocenters. The summed E-state index contributed by atoms with van der Waals surface area (Å²) in [7, 11) is 0. The summed E-state index contributed by atoms with van der Waals surface area (Å²) >= 11 is 0. The van der Waals surface area contributed by atoms with Crippen LogP contribution in [0, 0.1) is 5.92 Å². The molecule has 0 aromatic carbocycles. The molecule has 0 aliphatic carbocycles. The molecule has 50 valence electrons. The minimum Gasteiger partial charge on any atom is -1.00 e. The first-order valence-corrected chi connectivity index (χ1v) is 2.95. The predicted octanol–water partition coefficient (Wildman–Crippen LogP) is -1.38. The third kappa shape index (κ3) is 5.55. The van der Waals surface area contributed by atoms with Gasteiger partial charge in [0.05, 0.1) is 5.92 Å². The van der Waals surface area contributed by atoms with Crippen LogP contribution < -0.4 is 51.4 Å². The molecule has 0 aliphatic heterocycles. The van der Waals surface area contributed by atoms with Gasteiger partial charge in [0, 0.05) is 0 Å². The van der Waals surface area contributed by atoms with Gasteiger partial charge in [0.1, 0.15) is 0 Å². The van der Waals surface area contributed by atoms with Crippen molar-refractivity contribution in [3.05, 3.63) is 0 Å². The van der Waals surface area contributed by atoms with Gasteiger partial charge in [0.25, 0.3) is 0 Å². The summed E-state index contributed by atoms with van der Waals surface area (Å²) < 4.78 is 0. The van der Waals surface area contributed by atoms with Crippen molar-refractivity contribution in [2.24, 2.45) is 5.92 Å². The molecule has 1 N–H and O–H groups in total. The van der Waals surface area contributed by atoms with E-state index in [1.54, 1.807) is 0 Å². The van der Waals surface area contributed by atoms with Crippen molar-refractivity contribution in [2.45, 2.75) is 26.7 Å². The van der Waals surface area contributed by atoms with Crippen molar-refractivity contribution < 1.29 is 62.7 Å². The number of rotatable bonds is 3. The Kier molecular flexibility index (Phi) is 10.2. The fourth-order valence-electron chi connectivity index (χ4n) is 0.638. The molecule has 0 amide bonds. The Hall–Kier alpha value is 1.11. The molecule has 0 aromatic rings. The molecule has 0 unspecified atom stereocenters. The molecular formula is C6H13KO2. The number of carboxylic acid groups (broad SMARTS) is 1. The van der Waals surface area contributed by atoms with Crippen molar-refractivity contribution in [3.63, 3.8) is 0 Å². The summed E-state index contributed by atoms with van der Waals surface area (Å²) in [6, 6.07) is 0. The Labute approximate surface area is 99.9 Å². The quantitative estimate of drug-likeness (QED) is 0.512. The Balaban J connectivity index is -0.000000245. The van der Waals surface area contributed by atoms with Gasteiger partial charge in [-0.05, 0) is 12.8 Å². The van der Waals surface area contributed by atoms with E-state index in [-0.39, 0.29) is 58.7 Å². The largest absolute Gasteiger partial charge is 1.00 e. The maximum atomic E-state index is 10.2. The van der Waals surface area contributed by atoms with E-state index < -0.39 is 5.97 Å². The van der Waals surface area contributed by atoms with Gasteiger partial charge in [0.15, 0.2) is 0 Å². The van der Waals surface area contributed by atoms with Gasteiger partial charge in [-0.2, -0.15) is 0 Å². The second-order valence-corrected chi connectivity index (χ2v) is 1.85. The van der Waals surface area contributed by atoms with Crippen LogP contribution in [0.3, 0.4) is 0 Å². The van der Waals surface area contributed by atoms with Gasteiger partial charge in [-0.15, -0.1) is 0 Å². The number of aliphatic carboxylic acids is 1. The summed E-state index contributed by atoms with van der Waals surface area (Å²) in [5.74, 6) is -0.801. The SMILES string of the molecule is CCC(CC)C(=O)O.[H-].[K+]. The van der Waals surface area contributed by atoms with E-state index in [1.165, 1.54) is 0 Å². The molecule has 0 aliphatic rings. The van der Waals surface area contributed by atoms with Crippen LogP contribution in [-0.2, 0) is 4.79 Å². The standard InChI is InChI=1S/C6H12O2.K.H/c1-3-5(4-2)6(7)8;;/h5H,3-4H2,1-2H3,(H,7,8);;/q;+1;-1. The third-order valence-electron chi connectivity index (χ3n) is 1.33. The van der Waals surface area contributed by atoms with Crippen LogP contribution in [0.15, 0.2) is 0 Å². The fourth-order valence-corrected chi connectivity index (χ4v) is 0.638. The van der Waals surface area contributed by atoms with Crippen molar-refractivity contribution in [1.29, 1.82) is 0 Å². The second kappa shape index (κ2) is 7.22. The molecule has 0 saturated heterocycles. The molecule has 9 heavy (non-hydrogen) atoms. The topological polar surface area (TPSA) is 37.3 Å². The van der Waals surface area contributed by atoms with E-state index in [1.807, 2.05) is 13.8 Å². The van der Waals surface area contributed by atoms with Gasteiger partial charge >= 0.3 is 57.4 Å². The van der Waals surface area contributed by atoms with Crippen LogP contribution in [0.4, 0.5) is 0 Å². The van der Waals surface area contributed by atoms with E-state index >= 15 is 0 Å². The van der Waals surface area contributed by atoms with Crippen LogP contribution in [0.1, 0.15) is 28.1 Å². The normalized spacial score (nSPS) is 8.78. The van der Waals surface area contributed by atoms with E-state index in [4.69, 9.17) is 5.11 Å². The van der Waals surface area contributed by atoms with Crippen molar-refractivity contribution >= 4 is 5.97 Å². The van der Waals surface area contributed by atoms with E-state index in [9.17, 15) is 4.79 Å². The number of hydrogen-bond donors (Lipinski definition) is 1. The fraction of sp³-hybridized carbons (Fsp3) is 0.833. The molecule has 0 bridgehead atoms. The summed E-state index contributed by atoms with van der Waals surface area (Å²) in [5, 5.41) is 8.37. The molecular weight excluding hydrogens is 143 g/mol. The Bertz CT molecular complexity index is 83.8. The zero-order chi connectivity index (χ0) is 6.57. The average Bonchev–Trinajstić information content (AvgIpc) is 1.69. The smallest absolute Gasteiger partial charge is 1.00 e. The van der Waals surface area contributed by atoms with E-state index in [0.29, 0.717) is 0 Å². The molecule has 3 heteroatoms. The van der Waals surface area contributed by atoms with Gasteiger partial charge < -0.3 is 6.53 Å². The van der Waals surface area contributed by atoms with Gasteiger partial charge in [-0.1, -0.05) is 13.8 Å². The van der Waals surface area contributed by atoms with Gasteiger partial charge in [0.2, 0.25) is 0 Å². The summed E-state index contributed by atoms with van der Waals surface area (Å²) in [4.78, 5) is 10.2. The van der Waals surface area contributed by atoms with Gasteiger partial charge in [-0.3, -0.25) is 4.79 Å². The van der Waals surface area contributed by atoms with Crippen LogP contribution in [0.2, 0.25) is 0 Å². The first kappa shape index (κ1) is 12.8. The van der Waals surface area contributed by atoms with Crippen LogP contribution >= 0.6 is 0 Å². The third-order valence-corrected chi connectivity index (χ3v) is 1.33. The Morgan fingerprint density at radius 3 is 1.89 bits per heavy atom. The predicted molar refractivity (Wildman–Crippen MR) is 32.8 cm³/mol. The zero-order valence-electron chi connectivity index (χ0n) is 7.35. The number of hydrogen-bond acceptors (Lipinski definition) is 1. The van der Waals surface area contributed by atoms with E-state index in [2.05, 4.69) is 0 Å². The Morgan fingerprint density at radius 1 is 1.56 bits per heavy atom. The molecule has 0 aromatic heterocycles. The monoisotopic (exact) mass is 156 g/mol. The number of carboxylic acids is 1. The Morgan fingerprint density at radius 2 is 1.89 bits per heavy atom. The van der Waals surface area contributed by atoms with Crippen LogP contribution in [-0.4, -0.2) is 11.1 Å². The average molecular weight is 156 g/mol. The van der Waals surface area contributed by atoms with Crippen molar-refractivity contribution in [3.8, 4) is 0 Å². The molecule has 0 fully saturated rings. The maximum Gasteiger partial charge on any atom is 1.00 e. The van der Waals surface area contributed by atoms with Crippen LogP contribution in [0.25, 0.3) is 0 Å². The van der Waals surface area contributed by atoms with Crippen LogP contribution in [0.5, 0.6) is 0 Å². The van der Waals surface area contributed by atoms with Crippen molar-refractivity contribution in [2.75, 3.05) is 0 Å². The molecule has 0 saturated carbocycles. The minimum absolute atomic E-state index is 0. The van der Waals surface area contributed by atoms with Gasteiger partial charge in [-0.25, -0.2) is 0 Å². The summed E-state index contributed by atoms with van der Waals surface area (Å²) in [5.41, 5.74) is 0. The summed E-state index contributed by atoms with van der Waals surface area (Å²) in [6.07, 6.45) is 1.48.